The van der Waals surface area contributed by atoms with Crippen LogP contribution in [0.15, 0.2) is 0 Å². The summed E-state index contributed by atoms with van der Waals surface area (Å²) < 4.78 is 16.9. The summed E-state index contributed by atoms with van der Waals surface area (Å²) in [5.74, 6) is -4.55. The lowest BCUT2D eigenvalue weighted by Gasteiger charge is -2.37. The van der Waals surface area contributed by atoms with Crippen LogP contribution in [0.5, 0.6) is 0 Å². The monoisotopic (exact) mass is 765 g/mol. The highest BCUT2D eigenvalue weighted by Crippen LogP contribution is 2.43. The summed E-state index contributed by atoms with van der Waals surface area (Å²) in [4.78, 5) is 95.2. The molecule has 4 N–H and O–H groups in total. The van der Waals surface area contributed by atoms with Gasteiger partial charge in [0.2, 0.25) is 17.6 Å². The van der Waals surface area contributed by atoms with Gasteiger partial charge in [-0.2, -0.15) is 0 Å². The SMILES string of the molecule is CCCCC(NC(=O)[C@@H]1[C@H]2CC(C)(C)O[C@H]2CN1C(=O)[C@@H](NC(=O)N[C@H](C(=O)OC(C)C)C(C)(C)C)C(C)(C)C)C(=O)C(=O)NCCC(=O)OC(C)(C)C. The van der Waals surface area contributed by atoms with Gasteiger partial charge in [-0.25, -0.2) is 9.59 Å². The first-order valence-electron chi connectivity index (χ1n) is 19.2. The Morgan fingerprint density at radius 1 is 0.870 bits per heavy atom. The molecule has 2 aliphatic heterocycles. The van der Waals surface area contributed by atoms with Crippen molar-refractivity contribution in [3.8, 4) is 0 Å². The van der Waals surface area contributed by atoms with Crippen LogP contribution in [-0.2, 0) is 43.0 Å². The number of nitrogens with one attached hydrogen (secondary N) is 4. The summed E-state index contributed by atoms with van der Waals surface area (Å²) in [6.45, 7) is 24.9. The fraction of sp³-hybridized carbons (Fsp3) is 0.821. The molecule has 308 valence electrons. The van der Waals surface area contributed by atoms with E-state index in [1.165, 1.54) is 4.90 Å². The maximum Gasteiger partial charge on any atom is 0.329 e. The number of hydrogen-bond acceptors (Lipinski definition) is 10. The maximum absolute atomic E-state index is 14.5. The van der Waals surface area contributed by atoms with Crippen LogP contribution >= 0.6 is 0 Å². The van der Waals surface area contributed by atoms with E-state index in [1.54, 1.807) is 76.2 Å². The van der Waals surface area contributed by atoms with Crippen molar-refractivity contribution in [2.45, 2.75) is 177 Å². The molecule has 0 aliphatic carbocycles. The smallest absolute Gasteiger partial charge is 0.329 e. The molecule has 15 heteroatoms. The van der Waals surface area contributed by atoms with Crippen LogP contribution in [0.25, 0.3) is 0 Å². The van der Waals surface area contributed by atoms with Crippen molar-refractivity contribution in [3.63, 3.8) is 0 Å². The Labute approximate surface area is 321 Å². The molecular formula is C39H67N5O10. The zero-order chi connectivity index (χ0) is 41.6. The Morgan fingerprint density at radius 2 is 1.44 bits per heavy atom. The topological polar surface area (TPSA) is 199 Å². The van der Waals surface area contributed by atoms with Crippen LogP contribution in [0.1, 0.15) is 129 Å². The Kier molecular flexibility index (Phi) is 15.7. The number of nitrogens with zero attached hydrogens (tertiary/aromatic N) is 1. The van der Waals surface area contributed by atoms with Crippen molar-refractivity contribution in [1.82, 2.24) is 26.2 Å². The van der Waals surface area contributed by atoms with Crippen molar-refractivity contribution in [3.05, 3.63) is 0 Å². The van der Waals surface area contributed by atoms with Crippen LogP contribution in [0, 0.1) is 16.7 Å². The van der Waals surface area contributed by atoms with Gasteiger partial charge in [0.15, 0.2) is 0 Å². The minimum absolute atomic E-state index is 0.0605. The highest BCUT2D eigenvalue weighted by molar-refractivity contribution is 6.38. The average molecular weight is 766 g/mol. The maximum atomic E-state index is 14.5. The molecule has 0 aromatic heterocycles. The molecular weight excluding hydrogens is 698 g/mol. The molecule has 0 spiro atoms. The molecule has 6 atom stereocenters. The largest absolute Gasteiger partial charge is 0.461 e. The molecule has 15 nitrogen and oxygen atoms in total. The van der Waals surface area contributed by atoms with Gasteiger partial charge < -0.3 is 40.4 Å². The van der Waals surface area contributed by atoms with Crippen LogP contribution < -0.4 is 21.3 Å². The second-order valence-electron chi connectivity index (χ2n) is 18.6. The summed E-state index contributed by atoms with van der Waals surface area (Å²) in [6.07, 6.45) is 0.799. The molecule has 5 amide bonds. The fourth-order valence-corrected chi connectivity index (χ4v) is 6.73. The Balaban J connectivity index is 2.36. The third-order valence-corrected chi connectivity index (χ3v) is 9.20. The molecule has 1 unspecified atom stereocenters. The van der Waals surface area contributed by atoms with Gasteiger partial charge in [-0.05, 0) is 72.1 Å². The number of carbonyl (C=O) groups excluding carboxylic acids is 7. The predicted octanol–water partition coefficient (Wildman–Crippen LogP) is 3.55. The lowest BCUT2D eigenvalue weighted by Crippen LogP contribution is -2.62. The highest BCUT2D eigenvalue weighted by Gasteiger charge is 2.57. The van der Waals surface area contributed by atoms with Crippen LogP contribution in [0.4, 0.5) is 4.79 Å². The van der Waals surface area contributed by atoms with Crippen molar-refractivity contribution >= 4 is 41.5 Å². The third kappa shape index (κ3) is 13.5. The Bertz CT molecular complexity index is 1390. The average Bonchev–Trinajstić information content (AvgIpc) is 3.48. The van der Waals surface area contributed by atoms with Gasteiger partial charge in [-0.15, -0.1) is 0 Å². The molecule has 0 radical (unpaired) electrons. The summed E-state index contributed by atoms with van der Waals surface area (Å²) in [7, 11) is 0. The molecule has 2 fully saturated rings. The van der Waals surface area contributed by atoms with Crippen LogP contribution in [0.2, 0.25) is 0 Å². The number of Topliss-reactive ketones (excluding diaryl/α,β-unsaturated/α-hetero) is 1. The van der Waals surface area contributed by atoms with E-state index in [-0.39, 0.29) is 25.9 Å². The summed E-state index contributed by atoms with van der Waals surface area (Å²) in [6, 6.07) is -5.19. The number of unbranched alkanes of at least 4 members (excludes halogenated alkanes) is 1. The van der Waals surface area contributed by atoms with Gasteiger partial charge in [0.25, 0.3) is 5.91 Å². The van der Waals surface area contributed by atoms with E-state index in [2.05, 4.69) is 21.3 Å². The van der Waals surface area contributed by atoms with Crippen LogP contribution in [0.3, 0.4) is 0 Å². The summed E-state index contributed by atoms with van der Waals surface area (Å²) >= 11 is 0. The first kappa shape index (κ1) is 46.4. The first-order valence-corrected chi connectivity index (χ1v) is 19.2. The number of rotatable bonds is 15. The van der Waals surface area contributed by atoms with Gasteiger partial charge >= 0.3 is 18.0 Å². The quantitative estimate of drug-likeness (QED) is 0.141. The molecule has 0 aromatic carbocycles. The van der Waals surface area contributed by atoms with E-state index >= 15 is 0 Å². The molecule has 2 saturated heterocycles. The Hall–Kier alpha value is -3.75. The Morgan fingerprint density at radius 3 is 1.96 bits per heavy atom. The molecule has 2 aliphatic rings. The third-order valence-electron chi connectivity index (χ3n) is 9.20. The minimum Gasteiger partial charge on any atom is -0.461 e. The number of hydrogen-bond donors (Lipinski definition) is 4. The number of likely N-dealkylation sites (tertiary alicyclic amines) is 1. The van der Waals surface area contributed by atoms with Crippen molar-refractivity contribution in [2.75, 3.05) is 13.1 Å². The number of amides is 5. The van der Waals surface area contributed by atoms with Gasteiger partial charge in [0.1, 0.15) is 23.7 Å². The van der Waals surface area contributed by atoms with Gasteiger partial charge in [0, 0.05) is 19.0 Å². The molecule has 0 aromatic rings. The van der Waals surface area contributed by atoms with Crippen molar-refractivity contribution in [2.24, 2.45) is 16.7 Å². The lowest BCUT2D eigenvalue weighted by atomic mass is 9.84. The van der Waals surface area contributed by atoms with E-state index < -0.39 is 106 Å². The summed E-state index contributed by atoms with van der Waals surface area (Å²) in [5.41, 5.74) is -2.85. The number of ether oxygens (including phenoxy) is 3. The van der Waals surface area contributed by atoms with Crippen molar-refractivity contribution < 1.29 is 47.8 Å². The van der Waals surface area contributed by atoms with Gasteiger partial charge in [-0.1, -0.05) is 61.3 Å². The van der Waals surface area contributed by atoms with E-state index in [0.717, 1.165) is 0 Å². The van der Waals surface area contributed by atoms with E-state index in [9.17, 15) is 33.6 Å². The number of urea groups is 1. The normalized spacial score (nSPS) is 21.3. The summed E-state index contributed by atoms with van der Waals surface area (Å²) in [5, 5.41) is 10.7. The highest BCUT2D eigenvalue weighted by atomic mass is 16.6. The molecule has 0 saturated carbocycles. The molecule has 0 bridgehead atoms. The molecule has 54 heavy (non-hydrogen) atoms. The van der Waals surface area contributed by atoms with E-state index in [4.69, 9.17) is 14.2 Å². The molecule has 2 heterocycles. The molecule has 2 rings (SSSR count). The van der Waals surface area contributed by atoms with Gasteiger partial charge in [0.05, 0.1) is 30.3 Å². The lowest BCUT2D eigenvalue weighted by molar-refractivity contribution is -0.155. The first-order chi connectivity index (χ1) is 24.6. The number of carbonyl (C=O) groups is 7. The zero-order valence-corrected chi connectivity index (χ0v) is 35.0. The second kappa shape index (κ2) is 18.3. The predicted molar refractivity (Wildman–Crippen MR) is 202 cm³/mol. The van der Waals surface area contributed by atoms with Crippen LogP contribution in [-0.4, -0.2) is 107 Å². The van der Waals surface area contributed by atoms with E-state index in [0.29, 0.717) is 19.3 Å². The minimum atomic E-state index is -1.19. The van der Waals surface area contributed by atoms with E-state index in [1.807, 2.05) is 20.8 Å². The number of esters is 2. The van der Waals surface area contributed by atoms with Gasteiger partial charge in [-0.3, -0.25) is 24.0 Å². The van der Waals surface area contributed by atoms with Crippen molar-refractivity contribution in [1.29, 1.82) is 0 Å². The number of fused-ring (bicyclic) bond motifs is 1. The zero-order valence-electron chi connectivity index (χ0n) is 35.0. The number of ketones is 1. The second-order valence-corrected chi connectivity index (χ2v) is 18.6. The standard InChI is InChI=1S/C39H67N5O10/c1-15-16-17-24(28(46)32(48)40-19-18-26(45)54-38(10,11)12)41-31(47)27-23-20-39(13,14)53-25(23)21-44(27)33(49)29(36(4,5)6)42-35(51)43-30(37(7,8)9)34(50)52-22(2)3/h22-25,27,29-30H,15-21H2,1-14H3,(H,40,48)(H,41,47)(H2,42,43,51)/t23-,24?,25-,27-,29+,30+/m0/s1. The fourth-order valence-electron chi connectivity index (χ4n) is 6.73.